The number of para-hydroxylation sites is 1. The van der Waals surface area contributed by atoms with Gasteiger partial charge in [-0.05, 0) is 58.3 Å². The maximum Gasteiger partial charge on any atom is 0.328 e. The van der Waals surface area contributed by atoms with Gasteiger partial charge in [-0.25, -0.2) is 9.59 Å². The molecule has 0 saturated carbocycles. The lowest BCUT2D eigenvalue weighted by atomic mass is 10.1. The molecule has 3 rings (SSSR count). The number of aliphatic carboxylic acids is 2. The number of hydrogen-bond donors (Lipinski definition) is 2. The fourth-order valence-corrected chi connectivity index (χ4v) is 4.05. The van der Waals surface area contributed by atoms with Gasteiger partial charge in [0.1, 0.15) is 0 Å². The van der Waals surface area contributed by atoms with E-state index in [-0.39, 0.29) is 18.2 Å². The predicted octanol–water partition coefficient (Wildman–Crippen LogP) is 4.58. The summed E-state index contributed by atoms with van der Waals surface area (Å²) in [5.74, 6) is -2.40. The monoisotopic (exact) mass is 478 g/mol. The molecule has 0 amide bonds. The molecule has 7 nitrogen and oxygen atoms in total. The molecule has 1 heterocycles. The van der Waals surface area contributed by atoms with Crippen LogP contribution in [0, 0.1) is 0 Å². The largest absolute Gasteiger partial charge is 0.478 e. The van der Waals surface area contributed by atoms with Crippen molar-refractivity contribution in [2.75, 3.05) is 32.1 Å². The maximum absolute atomic E-state index is 11.8. The van der Waals surface area contributed by atoms with Crippen LogP contribution in [-0.2, 0) is 9.59 Å². The van der Waals surface area contributed by atoms with Gasteiger partial charge in [-0.1, -0.05) is 30.0 Å². The minimum atomic E-state index is -1.26. The lowest BCUT2D eigenvalue weighted by Gasteiger charge is -2.33. The van der Waals surface area contributed by atoms with E-state index in [9.17, 15) is 14.4 Å². The van der Waals surface area contributed by atoms with Crippen LogP contribution < -0.4 is 4.90 Å². The van der Waals surface area contributed by atoms with Gasteiger partial charge in [0.15, 0.2) is 5.78 Å². The van der Waals surface area contributed by atoms with Crippen LogP contribution in [-0.4, -0.2) is 60.0 Å². The highest BCUT2D eigenvalue weighted by Crippen LogP contribution is 2.48. The van der Waals surface area contributed by atoms with E-state index in [0.29, 0.717) is 12.2 Å². The average Bonchev–Trinajstić information content (AvgIpc) is 2.71. The zero-order chi connectivity index (χ0) is 23.0. The van der Waals surface area contributed by atoms with Crippen molar-refractivity contribution in [3.05, 3.63) is 60.2 Å². The summed E-state index contributed by atoms with van der Waals surface area (Å²) in [5, 5.41) is 15.6. The van der Waals surface area contributed by atoms with E-state index in [1.807, 2.05) is 12.1 Å². The molecule has 0 atom stereocenters. The Labute approximate surface area is 198 Å². The van der Waals surface area contributed by atoms with E-state index < -0.39 is 11.9 Å². The third-order valence-electron chi connectivity index (χ3n) is 4.39. The Morgan fingerprint density at radius 3 is 2.12 bits per heavy atom. The maximum atomic E-state index is 11.8. The van der Waals surface area contributed by atoms with Gasteiger partial charge in [0.25, 0.3) is 0 Å². The quantitative estimate of drug-likeness (QED) is 0.441. The van der Waals surface area contributed by atoms with Crippen LogP contribution in [0.4, 0.5) is 11.4 Å². The molecule has 172 valence electrons. The number of carboxylic acids is 2. The van der Waals surface area contributed by atoms with Crippen LogP contribution in [0.5, 0.6) is 0 Å². The molecule has 0 aromatic heterocycles. The van der Waals surface area contributed by atoms with Gasteiger partial charge < -0.3 is 20.0 Å². The molecule has 1 aliphatic rings. The Balaban J connectivity index is 0.000000491. The predicted molar refractivity (Wildman–Crippen MR) is 129 cm³/mol. The van der Waals surface area contributed by atoms with Gasteiger partial charge in [0.2, 0.25) is 0 Å². The van der Waals surface area contributed by atoms with Gasteiger partial charge in [0.05, 0.1) is 11.4 Å². The van der Waals surface area contributed by atoms with Crippen molar-refractivity contribution in [1.82, 2.24) is 4.90 Å². The van der Waals surface area contributed by atoms with Crippen LogP contribution >= 0.6 is 24.2 Å². The molecule has 0 saturated heterocycles. The normalized spacial score (nSPS) is 11.7. The summed E-state index contributed by atoms with van der Waals surface area (Å²) >= 11 is 1.78. The summed E-state index contributed by atoms with van der Waals surface area (Å²) in [5.41, 5.74) is 3.17. The third-order valence-corrected chi connectivity index (χ3v) is 5.52. The summed E-state index contributed by atoms with van der Waals surface area (Å²) in [4.78, 5) is 37.9. The molecule has 0 radical (unpaired) electrons. The first-order valence-corrected chi connectivity index (χ1v) is 10.5. The van der Waals surface area contributed by atoms with Crippen molar-refractivity contribution in [1.29, 1.82) is 0 Å². The van der Waals surface area contributed by atoms with Crippen molar-refractivity contribution in [3.63, 3.8) is 0 Å². The first kappa shape index (κ1) is 27.2. The molecule has 2 aromatic rings. The Morgan fingerprint density at radius 2 is 1.56 bits per heavy atom. The number of carbonyl (C=O) groups excluding carboxylic acids is 1. The first-order valence-electron chi connectivity index (χ1n) is 9.67. The van der Waals surface area contributed by atoms with E-state index in [2.05, 4.69) is 54.2 Å². The molecule has 1 aliphatic heterocycles. The molecule has 2 N–H and O–H groups in total. The van der Waals surface area contributed by atoms with Crippen molar-refractivity contribution in [3.8, 4) is 0 Å². The average molecular weight is 479 g/mol. The van der Waals surface area contributed by atoms with E-state index in [1.165, 1.54) is 15.5 Å². The number of carboxylic acid groups (broad SMARTS) is 2. The van der Waals surface area contributed by atoms with Gasteiger partial charge in [0, 0.05) is 34.1 Å². The Morgan fingerprint density at radius 1 is 0.969 bits per heavy atom. The van der Waals surface area contributed by atoms with Crippen molar-refractivity contribution in [2.24, 2.45) is 0 Å². The Hall–Kier alpha value is -2.81. The number of halogens is 1. The van der Waals surface area contributed by atoms with Gasteiger partial charge in [-0.15, -0.1) is 12.4 Å². The van der Waals surface area contributed by atoms with Crippen molar-refractivity contribution < 1.29 is 24.6 Å². The molecular weight excluding hydrogens is 452 g/mol. The number of benzene rings is 2. The molecule has 0 aliphatic carbocycles. The fourth-order valence-electron chi connectivity index (χ4n) is 2.98. The zero-order valence-corrected chi connectivity index (χ0v) is 19.8. The topological polar surface area (TPSA) is 98.2 Å². The van der Waals surface area contributed by atoms with Gasteiger partial charge in [-0.3, -0.25) is 4.79 Å². The van der Waals surface area contributed by atoms with E-state index >= 15 is 0 Å². The van der Waals surface area contributed by atoms with Gasteiger partial charge in [-0.2, -0.15) is 0 Å². The minimum Gasteiger partial charge on any atom is -0.478 e. The lowest BCUT2D eigenvalue weighted by Crippen LogP contribution is -2.25. The number of nitrogens with zero attached hydrogens (tertiary/aromatic N) is 2. The zero-order valence-electron chi connectivity index (χ0n) is 18.1. The minimum absolute atomic E-state index is 0. The molecule has 32 heavy (non-hydrogen) atoms. The molecular formula is C23H27ClN2O5S. The number of rotatable bonds is 7. The molecule has 0 spiro atoms. The third kappa shape index (κ3) is 8.03. The fraction of sp³-hybridized carbons (Fsp3) is 0.261. The summed E-state index contributed by atoms with van der Waals surface area (Å²) < 4.78 is 0. The van der Waals surface area contributed by atoms with E-state index in [4.69, 9.17) is 10.2 Å². The second-order valence-electron chi connectivity index (χ2n) is 7.13. The van der Waals surface area contributed by atoms with E-state index in [0.717, 1.165) is 30.8 Å². The first-order chi connectivity index (χ1) is 14.7. The van der Waals surface area contributed by atoms with Crippen LogP contribution in [0.15, 0.2) is 64.4 Å². The van der Waals surface area contributed by atoms with Crippen molar-refractivity contribution in [2.45, 2.75) is 23.1 Å². The highest BCUT2D eigenvalue weighted by atomic mass is 35.5. The van der Waals surface area contributed by atoms with Gasteiger partial charge >= 0.3 is 11.9 Å². The van der Waals surface area contributed by atoms with Crippen LogP contribution in [0.2, 0.25) is 0 Å². The number of hydrogen-bond acceptors (Lipinski definition) is 6. The highest BCUT2D eigenvalue weighted by molar-refractivity contribution is 7.99. The second-order valence-corrected chi connectivity index (χ2v) is 8.21. The smallest absolute Gasteiger partial charge is 0.328 e. The Kier molecular flexibility index (Phi) is 11.0. The summed E-state index contributed by atoms with van der Waals surface area (Å²) in [6.45, 7) is 3.62. The number of anilines is 2. The highest BCUT2D eigenvalue weighted by Gasteiger charge is 2.23. The SMILES string of the molecule is CC(=O)c1ccc2c(c1)N(CCCN(C)C)c1ccccc1S2.Cl.O=C(O)/C=C/C(=O)O. The van der Waals surface area contributed by atoms with Crippen molar-refractivity contribution >= 4 is 53.3 Å². The van der Waals surface area contributed by atoms with Crippen LogP contribution in [0.25, 0.3) is 0 Å². The lowest BCUT2D eigenvalue weighted by molar-refractivity contribution is -0.134. The molecule has 0 unspecified atom stereocenters. The number of ketones is 1. The molecule has 0 bridgehead atoms. The summed E-state index contributed by atoms with van der Waals surface area (Å²) in [7, 11) is 4.20. The molecule has 0 fully saturated rings. The number of fused-ring (bicyclic) bond motifs is 2. The standard InChI is InChI=1S/C19H22N2OS.C4H4O4.ClH/c1-14(22)15-9-10-19-17(13-15)21(12-6-11-20(2)3)16-7-4-5-8-18(16)23-19;5-3(6)1-2-4(7)8;/h4-5,7-10,13H,6,11-12H2,1-3H3;1-2H,(H,5,6)(H,7,8);1H/b;2-1+;. The molecule has 2 aromatic carbocycles. The molecule has 9 heteroatoms. The number of carbonyl (C=O) groups is 3. The van der Waals surface area contributed by atoms with Crippen LogP contribution in [0.1, 0.15) is 23.7 Å². The summed E-state index contributed by atoms with van der Waals surface area (Å²) in [6.07, 6.45) is 2.19. The second kappa shape index (κ2) is 12.9. The van der Waals surface area contributed by atoms with E-state index in [1.54, 1.807) is 18.7 Å². The van der Waals surface area contributed by atoms with Crippen LogP contribution in [0.3, 0.4) is 0 Å². The number of Topliss-reactive ketones (excluding diaryl/α,β-unsaturated/α-hetero) is 1. The summed E-state index contributed by atoms with van der Waals surface area (Å²) in [6, 6.07) is 14.5. The Bertz CT molecular complexity index is 978.